The van der Waals surface area contributed by atoms with E-state index in [2.05, 4.69) is 22.0 Å². The number of nitrogen functional groups attached to an aromatic ring is 1. The Hall–Kier alpha value is -0.190. The average Bonchev–Trinajstić information content (AvgIpc) is 2.24. The molecule has 0 atom stereocenters. The molecule has 1 saturated heterocycles. The van der Waals surface area contributed by atoms with Crippen molar-refractivity contribution in [3.63, 3.8) is 0 Å². The van der Waals surface area contributed by atoms with Gasteiger partial charge in [-0.3, -0.25) is 0 Å². The summed E-state index contributed by atoms with van der Waals surface area (Å²) in [5.74, 6) is 0. The fraction of sp³-hybridized carbons (Fsp3) is 0.455. The third kappa shape index (κ3) is 3.13. The van der Waals surface area contributed by atoms with Gasteiger partial charge in [-0.1, -0.05) is 0 Å². The van der Waals surface area contributed by atoms with E-state index in [0.717, 1.165) is 36.2 Å². The second-order valence-electron chi connectivity index (χ2n) is 3.62. The van der Waals surface area contributed by atoms with Crippen LogP contribution >= 0.6 is 27.7 Å². The van der Waals surface area contributed by atoms with Crippen molar-refractivity contribution in [1.29, 1.82) is 0 Å². The molecule has 2 rings (SSSR count). The molecule has 0 bridgehead atoms. The van der Waals surface area contributed by atoms with E-state index in [4.69, 9.17) is 10.5 Å². The Labute approximate surface area is 103 Å². The lowest BCUT2D eigenvalue weighted by Crippen LogP contribution is -2.17. The van der Waals surface area contributed by atoms with Gasteiger partial charge < -0.3 is 10.5 Å². The third-order valence-electron chi connectivity index (χ3n) is 2.42. The SMILES string of the molecule is Nc1ccc(SC2CCOCC2)c(Br)c1. The van der Waals surface area contributed by atoms with E-state index >= 15 is 0 Å². The first-order valence-electron chi connectivity index (χ1n) is 5.05. The molecule has 1 aromatic rings. The summed E-state index contributed by atoms with van der Waals surface area (Å²) in [7, 11) is 0. The van der Waals surface area contributed by atoms with Gasteiger partial charge in [0.15, 0.2) is 0 Å². The van der Waals surface area contributed by atoms with Crippen molar-refractivity contribution in [1.82, 2.24) is 0 Å². The molecule has 0 aliphatic carbocycles. The monoisotopic (exact) mass is 287 g/mol. The highest BCUT2D eigenvalue weighted by molar-refractivity contribution is 9.10. The highest BCUT2D eigenvalue weighted by Crippen LogP contribution is 2.35. The highest BCUT2D eigenvalue weighted by atomic mass is 79.9. The van der Waals surface area contributed by atoms with Crippen molar-refractivity contribution in [2.24, 2.45) is 0 Å². The second-order valence-corrected chi connectivity index (χ2v) is 5.82. The first kappa shape index (κ1) is 11.3. The van der Waals surface area contributed by atoms with Crippen molar-refractivity contribution in [2.75, 3.05) is 18.9 Å². The van der Waals surface area contributed by atoms with Crippen LogP contribution in [0.25, 0.3) is 0 Å². The Morgan fingerprint density at radius 3 is 2.73 bits per heavy atom. The topological polar surface area (TPSA) is 35.2 Å². The minimum Gasteiger partial charge on any atom is -0.399 e. The molecule has 1 aliphatic heterocycles. The van der Waals surface area contributed by atoms with Crippen molar-refractivity contribution >= 4 is 33.4 Å². The predicted octanol–water partition coefficient (Wildman–Crippen LogP) is 3.30. The molecule has 1 fully saturated rings. The zero-order valence-corrected chi connectivity index (χ0v) is 10.8. The number of benzene rings is 1. The Balaban J connectivity index is 2.03. The van der Waals surface area contributed by atoms with Crippen molar-refractivity contribution in [3.8, 4) is 0 Å². The summed E-state index contributed by atoms with van der Waals surface area (Å²) in [6.07, 6.45) is 2.28. The maximum absolute atomic E-state index is 5.70. The summed E-state index contributed by atoms with van der Waals surface area (Å²) < 4.78 is 6.44. The summed E-state index contributed by atoms with van der Waals surface area (Å²) in [6, 6.07) is 5.99. The Morgan fingerprint density at radius 1 is 1.33 bits per heavy atom. The van der Waals surface area contributed by atoms with Gasteiger partial charge in [0, 0.05) is 33.5 Å². The molecule has 15 heavy (non-hydrogen) atoms. The van der Waals surface area contributed by atoms with Crippen LogP contribution in [0.15, 0.2) is 27.6 Å². The Morgan fingerprint density at radius 2 is 2.07 bits per heavy atom. The number of thioether (sulfide) groups is 1. The molecule has 0 aromatic heterocycles. The van der Waals surface area contributed by atoms with Crippen LogP contribution in [0.5, 0.6) is 0 Å². The lowest BCUT2D eigenvalue weighted by molar-refractivity contribution is 0.100. The first-order chi connectivity index (χ1) is 7.25. The molecule has 82 valence electrons. The van der Waals surface area contributed by atoms with Crippen LogP contribution in [-0.2, 0) is 4.74 Å². The van der Waals surface area contributed by atoms with E-state index < -0.39 is 0 Å². The number of anilines is 1. The molecular weight excluding hydrogens is 274 g/mol. The van der Waals surface area contributed by atoms with Crippen LogP contribution in [0, 0.1) is 0 Å². The summed E-state index contributed by atoms with van der Waals surface area (Å²) in [4.78, 5) is 1.27. The molecule has 0 saturated carbocycles. The van der Waals surface area contributed by atoms with Gasteiger partial charge >= 0.3 is 0 Å². The lowest BCUT2D eigenvalue weighted by Gasteiger charge is -2.21. The fourth-order valence-electron chi connectivity index (χ4n) is 1.59. The van der Waals surface area contributed by atoms with E-state index in [0.29, 0.717) is 5.25 Å². The van der Waals surface area contributed by atoms with Gasteiger partial charge in [0.25, 0.3) is 0 Å². The molecule has 1 aromatic carbocycles. The lowest BCUT2D eigenvalue weighted by atomic mass is 10.2. The molecule has 0 amide bonds. The van der Waals surface area contributed by atoms with Gasteiger partial charge in [-0.15, -0.1) is 11.8 Å². The number of nitrogens with two attached hydrogens (primary N) is 1. The molecule has 1 aliphatic rings. The number of rotatable bonds is 2. The van der Waals surface area contributed by atoms with Gasteiger partial charge in [0.05, 0.1) is 0 Å². The van der Waals surface area contributed by atoms with Crippen LogP contribution in [0.1, 0.15) is 12.8 Å². The van der Waals surface area contributed by atoms with E-state index in [1.165, 1.54) is 4.90 Å². The molecule has 4 heteroatoms. The second kappa shape index (κ2) is 5.23. The van der Waals surface area contributed by atoms with Crippen LogP contribution in [0.2, 0.25) is 0 Å². The summed E-state index contributed by atoms with van der Waals surface area (Å²) >= 11 is 5.46. The number of hydrogen-bond donors (Lipinski definition) is 1. The Kier molecular flexibility index (Phi) is 3.94. The maximum atomic E-state index is 5.70. The summed E-state index contributed by atoms with van der Waals surface area (Å²) in [5, 5.41) is 0.679. The van der Waals surface area contributed by atoms with Gasteiger partial charge in [0.1, 0.15) is 0 Å². The number of hydrogen-bond acceptors (Lipinski definition) is 3. The zero-order chi connectivity index (χ0) is 10.7. The van der Waals surface area contributed by atoms with Crippen molar-refractivity contribution in [3.05, 3.63) is 22.7 Å². The fourth-order valence-corrected chi connectivity index (χ4v) is 3.37. The molecule has 2 nitrogen and oxygen atoms in total. The summed E-state index contributed by atoms with van der Waals surface area (Å²) in [5.41, 5.74) is 6.51. The number of halogens is 1. The third-order valence-corrected chi connectivity index (χ3v) is 4.75. The van der Waals surface area contributed by atoms with Crippen LogP contribution in [-0.4, -0.2) is 18.5 Å². The Bertz CT molecular complexity index is 339. The molecule has 0 spiro atoms. The number of ether oxygens (including phenoxy) is 1. The highest BCUT2D eigenvalue weighted by Gasteiger charge is 2.16. The van der Waals surface area contributed by atoms with Gasteiger partial charge in [-0.2, -0.15) is 0 Å². The van der Waals surface area contributed by atoms with E-state index in [1.807, 2.05) is 23.9 Å². The minimum absolute atomic E-state index is 0.679. The van der Waals surface area contributed by atoms with E-state index in [1.54, 1.807) is 0 Å². The quantitative estimate of drug-likeness (QED) is 0.848. The molecule has 1 heterocycles. The molecule has 0 radical (unpaired) electrons. The molecule has 2 N–H and O–H groups in total. The van der Waals surface area contributed by atoms with Crippen LogP contribution in [0.3, 0.4) is 0 Å². The van der Waals surface area contributed by atoms with Crippen LogP contribution < -0.4 is 5.73 Å². The summed E-state index contributed by atoms with van der Waals surface area (Å²) in [6.45, 7) is 1.79. The zero-order valence-electron chi connectivity index (χ0n) is 8.41. The maximum Gasteiger partial charge on any atom is 0.0476 e. The predicted molar refractivity (Wildman–Crippen MR) is 68.3 cm³/mol. The average molecular weight is 288 g/mol. The van der Waals surface area contributed by atoms with Crippen molar-refractivity contribution < 1.29 is 4.74 Å². The van der Waals surface area contributed by atoms with Crippen LogP contribution in [0.4, 0.5) is 5.69 Å². The van der Waals surface area contributed by atoms with E-state index in [9.17, 15) is 0 Å². The molecular formula is C11H14BrNOS. The van der Waals surface area contributed by atoms with Gasteiger partial charge in [0.2, 0.25) is 0 Å². The van der Waals surface area contributed by atoms with E-state index in [-0.39, 0.29) is 0 Å². The smallest absolute Gasteiger partial charge is 0.0476 e. The largest absolute Gasteiger partial charge is 0.399 e. The standard InChI is InChI=1S/C11H14BrNOS/c12-10-7-8(13)1-2-11(10)15-9-3-5-14-6-4-9/h1-2,7,9H,3-6,13H2. The molecule has 0 unspecified atom stereocenters. The first-order valence-corrected chi connectivity index (χ1v) is 6.72. The minimum atomic E-state index is 0.679. The van der Waals surface area contributed by atoms with Gasteiger partial charge in [-0.05, 0) is 47.0 Å². The normalized spacial score (nSPS) is 17.9. The van der Waals surface area contributed by atoms with Gasteiger partial charge in [-0.25, -0.2) is 0 Å². The van der Waals surface area contributed by atoms with Crippen molar-refractivity contribution in [2.45, 2.75) is 23.0 Å².